The van der Waals surface area contributed by atoms with Crippen LogP contribution >= 0.6 is 15.9 Å². The van der Waals surface area contributed by atoms with Crippen LogP contribution in [0.2, 0.25) is 0 Å². The van der Waals surface area contributed by atoms with E-state index in [-0.39, 0.29) is 6.03 Å². The van der Waals surface area contributed by atoms with Gasteiger partial charge in [0.15, 0.2) is 0 Å². The van der Waals surface area contributed by atoms with Crippen molar-refractivity contribution >= 4 is 27.6 Å². The quantitative estimate of drug-likeness (QED) is 0.895. The van der Waals surface area contributed by atoms with Crippen LogP contribution in [-0.2, 0) is 6.42 Å². The maximum absolute atomic E-state index is 12.1. The number of hydrogen-bond donors (Lipinski definition) is 1. The summed E-state index contributed by atoms with van der Waals surface area (Å²) in [5.41, 5.74) is 2.01. The first-order valence-corrected chi connectivity index (χ1v) is 7.26. The standard InChI is InChI=1S/C16H17BrN2O/c1-19(12-11-13-7-3-2-4-8-13)16(20)18-15-10-6-5-9-14(15)17/h2-10H,11-12H2,1H3,(H,18,20). The minimum absolute atomic E-state index is 0.104. The van der Waals surface area contributed by atoms with Crippen molar-refractivity contribution in [3.63, 3.8) is 0 Å². The van der Waals surface area contributed by atoms with Crippen LogP contribution in [0, 0.1) is 0 Å². The Morgan fingerprint density at radius 1 is 1.10 bits per heavy atom. The molecule has 2 aromatic rings. The number of carbonyl (C=O) groups excluding carboxylic acids is 1. The van der Waals surface area contributed by atoms with Crippen molar-refractivity contribution in [2.45, 2.75) is 6.42 Å². The average Bonchev–Trinajstić information content (AvgIpc) is 2.48. The zero-order chi connectivity index (χ0) is 14.4. The third kappa shape index (κ3) is 4.10. The number of benzene rings is 2. The summed E-state index contributed by atoms with van der Waals surface area (Å²) in [6.45, 7) is 0.681. The van der Waals surface area contributed by atoms with E-state index in [1.807, 2.05) is 42.5 Å². The number of nitrogens with zero attached hydrogens (tertiary/aromatic N) is 1. The van der Waals surface area contributed by atoms with Gasteiger partial charge in [0, 0.05) is 18.1 Å². The van der Waals surface area contributed by atoms with Crippen LogP contribution < -0.4 is 5.32 Å². The molecule has 20 heavy (non-hydrogen) atoms. The van der Waals surface area contributed by atoms with Gasteiger partial charge in [-0.25, -0.2) is 4.79 Å². The zero-order valence-corrected chi connectivity index (χ0v) is 12.9. The smallest absolute Gasteiger partial charge is 0.321 e. The third-order valence-electron chi connectivity index (χ3n) is 3.04. The van der Waals surface area contributed by atoms with Crippen molar-refractivity contribution in [3.05, 3.63) is 64.6 Å². The fourth-order valence-corrected chi connectivity index (χ4v) is 2.20. The molecule has 0 radical (unpaired) electrons. The van der Waals surface area contributed by atoms with Gasteiger partial charge in [0.1, 0.15) is 0 Å². The van der Waals surface area contributed by atoms with Crippen molar-refractivity contribution in [2.24, 2.45) is 0 Å². The highest BCUT2D eigenvalue weighted by Gasteiger charge is 2.10. The van der Waals surface area contributed by atoms with Gasteiger partial charge < -0.3 is 10.2 Å². The Bertz CT molecular complexity index is 572. The highest BCUT2D eigenvalue weighted by molar-refractivity contribution is 9.10. The van der Waals surface area contributed by atoms with E-state index in [9.17, 15) is 4.79 Å². The fourth-order valence-electron chi connectivity index (χ4n) is 1.82. The Labute approximate surface area is 127 Å². The Morgan fingerprint density at radius 2 is 1.75 bits per heavy atom. The monoisotopic (exact) mass is 332 g/mol. The molecule has 2 rings (SSSR count). The van der Waals surface area contributed by atoms with Crippen LogP contribution in [0.5, 0.6) is 0 Å². The molecule has 0 saturated heterocycles. The number of anilines is 1. The van der Waals surface area contributed by atoms with Crippen LogP contribution in [0.4, 0.5) is 10.5 Å². The number of para-hydroxylation sites is 1. The van der Waals surface area contributed by atoms with E-state index in [4.69, 9.17) is 0 Å². The first-order valence-electron chi connectivity index (χ1n) is 6.47. The van der Waals surface area contributed by atoms with Crippen LogP contribution in [0.15, 0.2) is 59.1 Å². The van der Waals surface area contributed by atoms with Crippen LogP contribution in [0.3, 0.4) is 0 Å². The largest absolute Gasteiger partial charge is 0.327 e. The summed E-state index contributed by atoms with van der Waals surface area (Å²) < 4.78 is 0.879. The second-order valence-electron chi connectivity index (χ2n) is 4.57. The van der Waals surface area contributed by atoms with E-state index >= 15 is 0 Å². The first kappa shape index (κ1) is 14.6. The minimum atomic E-state index is -0.104. The number of likely N-dealkylation sites (N-methyl/N-ethyl adjacent to an activating group) is 1. The number of rotatable bonds is 4. The molecule has 0 heterocycles. The summed E-state index contributed by atoms with van der Waals surface area (Å²) in [4.78, 5) is 13.8. The molecular weight excluding hydrogens is 316 g/mol. The van der Waals surface area contributed by atoms with Crippen molar-refractivity contribution in [2.75, 3.05) is 18.9 Å². The lowest BCUT2D eigenvalue weighted by Crippen LogP contribution is -2.33. The SMILES string of the molecule is CN(CCc1ccccc1)C(=O)Nc1ccccc1Br. The predicted octanol–water partition coefficient (Wildman–Crippen LogP) is 4.16. The molecule has 104 valence electrons. The summed E-state index contributed by atoms with van der Waals surface area (Å²) in [7, 11) is 1.80. The molecule has 0 aliphatic carbocycles. The molecule has 3 nitrogen and oxygen atoms in total. The van der Waals surface area contributed by atoms with Gasteiger partial charge in [-0.2, -0.15) is 0 Å². The second-order valence-corrected chi connectivity index (χ2v) is 5.42. The number of amides is 2. The highest BCUT2D eigenvalue weighted by Crippen LogP contribution is 2.21. The van der Waals surface area contributed by atoms with E-state index in [2.05, 4.69) is 33.4 Å². The van der Waals surface area contributed by atoms with E-state index < -0.39 is 0 Å². The fraction of sp³-hybridized carbons (Fsp3) is 0.188. The molecule has 0 aliphatic rings. The van der Waals surface area contributed by atoms with E-state index in [1.54, 1.807) is 11.9 Å². The molecule has 0 aliphatic heterocycles. The maximum Gasteiger partial charge on any atom is 0.321 e. The van der Waals surface area contributed by atoms with Crippen LogP contribution in [0.1, 0.15) is 5.56 Å². The van der Waals surface area contributed by atoms with Gasteiger partial charge in [0.05, 0.1) is 5.69 Å². The summed E-state index contributed by atoms with van der Waals surface area (Å²) in [5, 5.41) is 2.89. The molecule has 0 fully saturated rings. The normalized spacial score (nSPS) is 10.1. The molecule has 2 amide bonds. The molecule has 0 saturated carbocycles. The molecule has 0 bridgehead atoms. The maximum atomic E-state index is 12.1. The van der Waals surface area contributed by atoms with Crippen molar-refractivity contribution in [1.29, 1.82) is 0 Å². The number of urea groups is 1. The summed E-state index contributed by atoms with van der Waals surface area (Å²) in [6, 6.07) is 17.6. The molecule has 1 N–H and O–H groups in total. The molecule has 2 aromatic carbocycles. The van der Waals surface area contributed by atoms with Crippen LogP contribution in [-0.4, -0.2) is 24.5 Å². The van der Waals surface area contributed by atoms with Gasteiger partial charge in [0.25, 0.3) is 0 Å². The summed E-state index contributed by atoms with van der Waals surface area (Å²) in [6.07, 6.45) is 0.848. The second kappa shape index (κ2) is 7.10. The Balaban J connectivity index is 1.88. The lowest BCUT2D eigenvalue weighted by Gasteiger charge is -2.18. The van der Waals surface area contributed by atoms with E-state index in [0.29, 0.717) is 6.54 Å². The molecule has 0 aromatic heterocycles. The molecule has 0 atom stereocenters. The molecular formula is C16H17BrN2O. The number of hydrogen-bond acceptors (Lipinski definition) is 1. The van der Waals surface area contributed by atoms with Gasteiger partial charge in [-0.1, -0.05) is 42.5 Å². The third-order valence-corrected chi connectivity index (χ3v) is 3.73. The number of halogens is 1. The summed E-state index contributed by atoms with van der Waals surface area (Å²) >= 11 is 3.42. The molecule has 4 heteroatoms. The Kier molecular flexibility index (Phi) is 5.18. The van der Waals surface area contributed by atoms with Crippen molar-refractivity contribution in [3.8, 4) is 0 Å². The zero-order valence-electron chi connectivity index (χ0n) is 11.3. The highest BCUT2D eigenvalue weighted by atomic mass is 79.9. The number of carbonyl (C=O) groups is 1. The Morgan fingerprint density at radius 3 is 2.45 bits per heavy atom. The lowest BCUT2D eigenvalue weighted by atomic mass is 10.1. The van der Waals surface area contributed by atoms with Crippen molar-refractivity contribution < 1.29 is 4.79 Å². The van der Waals surface area contributed by atoms with E-state index in [1.165, 1.54) is 5.56 Å². The summed E-state index contributed by atoms with van der Waals surface area (Å²) in [5.74, 6) is 0. The molecule has 0 spiro atoms. The van der Waals surface area contributed by atoms with Gasteiger partial charge in [0.2, 0.25) is 0 Å². The van der Waals surface area contributed by atoms with Crippen molar-refractivity contribution in [1.82, 2.24) is 4.90 Å². The van der Waals surface area contributed by atoms with E-state index in [0.717, 1.165) is 16.6 Å². The van der Waals surface area contributed by atoms with Crippen LogP contribution in [0.25, 0.3) is 0 Å². The van der Waals surface area contributed by atoms with Gasteiger partial charge in [-0.05, 0) is 40.0 Å². The molecule has 0 unspecified atom stereocenters. The minimum Gasteiger partial charge on any atom is -0.327 e. The van der Waals surface area contributed by atoms with Gasteiger partial charge in [-0.3, -0.25) is 0 Å². The lowest BCUT2D eigenvalue weighted by molar-refractivity contribution is 0.223. The average molecular weight is 333 g/mol. The van der Waals surface area contributed by atoms with Gasteiger partial charge in [-0.15, -0.1) is 0 Å². The number of nitrogens with one attached hydrogen (secondary N) is 1. The van der Waals surface area contributed by atoms with Gasteiger partial charge >= 0.3 is 6.03 Å². The predicted molar refractivity (Wildman–Crippen MR) is 85.9 cm³/mol. The topological polar surface area (TPSA) is 32.3 Å². The first-order chi connectivity index (χ1) is 9.66. The Hall–Kier alpha value is -1.81.